The minimum absolute atomic E-state index is 0.0968. The number of amides is 3. The van der Waals surface area contributed by atoms with Crippen molar-refractivity contribution in [2.24, 2.45) is 17.6 Å². The van der Waals surface area contributed by atoms with Gasteiger partial charge < -0.3 is 10.6 Å². The molecule has 3 fully saturated rings. The van der Waals surface area contributed by atoms with Crippen molar-refractivity contribution in [3.8, 4) is 0 Å². The second kappa shape index (κ2) is 9.55. The molecule has 0 spiro atoms. The number of nitrogens with one attached hydrogen (secondary N) is 1. The molecular weight excluding hydrogens is 416 g/mol. The number of fused-ring (bicyclic) bond motifs is 1. The average molecular weight is 453 g/mol. The Balaban J connectivity index is 1.20. The van der Waals surface area contributed by atoms with Gasteiger partial charge in [-0.05, 0) is 74.1 Å². The number of hydrogen-bond donors (Lipinski definition) is 2. The second-order valence-corrected chi connectivity index (χ2v) is 10.6. The summed E-state index contributed by atoms with van der Waals surface area (Å²) in [7, 11) is 0. The predicted octanol–water partition coefficient (Wildman–Crippen LogP) is 2.57. The van der Waals surface area contributed by atoms with Crippen LogP contribution in [0.4, 0.5) is 0 Å². The fourth-order valence-electron chi connectivity index (χ4n) is 6.41. The van der Waals surface area contributed by atoms with Gasteiger partial charge in [0, 0.05) is 37.7 Å². The summed E-state index contributed by atoms with van der Waals surface area (Å²) in [6.07, 6.45) is 9.56. The number of hydrogen-bond acceptors (Lipinski definition) is 5. The van der Waals surface area contributed by atoms with Gasteiger partial charge in [-0.1, -0.05) is 25.0 Å². The molecule has 5 rings (SSSR count). The Morgan fingerprint density at radius 2 is 1.88 bits per heavy atom. The number of imide groups is 1. The van der Waals surface area contributed by atoms with E-state index >= 15 is 0 Å². The van der Waals surface area contributed by atoms with Crippen LogP contribution in [0, 0.1) is 11.8 Å². The highest BCUT2D eigenvalue weighted by Crippen LogP contribution is 2.32. The van der Waals surface area contributed by atoms with E-state index in [1.807, 2.05) is 12.1 Å². The molecule has 3 amide bonds. The molecule has 1 saturated carbocycles. The van der Waals surface area contributed by atoms with Crippen LogP contribution >= 0.6 is 0 Å². The van der Waals surface area contributed by atoms with Gasteiger partial charge in [0.05, 0.1) is 0 Å². The lowest BCUT2D eigenvalue weighted by atomic mass is 9.86. The van der Waals surface area contributed by atoms with E-state index in [4.69, 9.17) is 5.73 Å². The van der Waals surface area contributed by atoms with E-state index in [0.29, 0.717) is 30.5 Å². The van der Waals surface area contributed by atoms with Gasteiger partial charge in [-0.3, -0.25) is 24.6 Å². The Morgan fingerprint density at radius 3 is 2.67 bits per heavy atom. The highest BCUT2D eigenvalue weighted by Gasteiger charge is 2.39. The third-order valence-corrected chi connectivity index (χ3v) is 8.21. The van der Waals surface area contributed by atoms with Crippen molar-refractivity contribution >= 4 is 17.7 Å². The van der Waals surface area contributed by atoms with Crippen molar-refractivity contribution in [3.05, 3.63) is 34.9 Å². The molecule has 3 atom stereocenters. The Labute approximate surface area is 196 Å². The van der Waals surface area contributed by atoms with Crippen molar-refractivity contribution in [2.75, 3.05) is 13.1 Å². The molecule has 3 aliphatic heterocycles. The largest absolute Gasteiger partial charge is 0.327 e. The number of piperidine rings is 2. The summed E-state index contributed by atoms with van der Waals surface area (Å²) in [5, 5.41) is 2.37. The van der Waals surface area contributed by atoms with Crippen LogP contribution in [0.15, 0.2) is 18.2 Å². The SMILES string of the molecule is NC(CC1CCCN(Cc2ccc3c(c2)C(=O)N(C2CCC(=O)NC2=O)C3)C1)C1CCCC1. The van der Waals surface area contributed by atoms with Crippen molar-refractivity contribution < 1.29 is 14.4 Å². The summed E-state index contributed by atoms with van der Waals surface area (Å²) in [6, 6.07) is 5.95. The number of nitrogens with two attached hydrogens (primary N) is 1. The number of nitrogens with zero attached hydrogens (tertiary/aromatic N) is 2. The van der Waals surface area contributed by atoms with E-state index in [-0.39, 0.29) is 24.1 Å². The zero-order valence-corrected chi connectivity index (χ0v) is 19.4. The first-order valence-corrected chi connectivity index (χ1v) is 12.7. The number of benzene rings is 1. The summed E-state index contributed by atoms with van der Waals surface area (Å²) >= 11 is 0. The first-order chi connectivity index (χ1) is 16.0. The van der Waals surface area contributed by atoms with Crippen molar-refractivity contribution in [3.63, 3.8) is 0 Å². The highest BCUT2D eigenvalue weighted by atomic mass is 16.2. The molecule has 7 nitrogen and oxygen atoms in total. The van der Waals surface area contributed by atoms with E-state index in [1.165, 1.54) is 38.5 Å². The second-order valence-electron chi connectivity index (χ2n) is 10.6. The highest BCUT2D eigenvalue weighted by molar-refractivity contribution is 6.05. The van der Waals surface area contributed by atoms with E-state index in [1.54, 1.807) is 4.90 Å². The molecule has 1 aromatic carbocycles. The third-order valence-electron chi connectivity index (χ3n) is 8.21. The molecule has 0 aromatic heterocycles. The Kier molecular flexibility index (Phi) is 6.52. The molecule has 0 bridgehead atoms. The number of carbonyl (C=O) groups is 3. The van der Waals surface area contributed by atoms with Crippen LogP contribution in [0.1, 0.15) is 79.3 Å². The fourth-order valence-corrected chi connectivity index (χ4v) is 6.41. The lowest BCUT2D eigenvalue weighted by Crippen LogP contribution is -2.52. The fraction of sp³-hybridized carbons (Fsp3) is 0.654. The molecule has 7 heteroatoms. The van der Waals surface area contributed by atoms with Gasteiger partial charge in [0.2, 0.25) is 11.8 Å². The average Bonchev–Trinajstić information content (AvgIpc) is 3.43. The van der Waals surface area contributed by atoms with Gasteiger partial charge in [0.25, 0.3) is 5.91 Å². The third kappa shape index (κ3) is 4.85. The van der Waals surface area contributed by atoms with Gasteiger partial charge >= 0.3 is 0 Å². The van der Waals surface area contributed by atoms with E-state index in [0.717, 1.165) is 43.1 Å². The minimum Gasteiger partial charge on any atom is -0.327 e. The zero-order chi connectivity index (χ0) is 22.9. The van der Waals surface area contributed by atoms with Gasteiger partial charge in [-0.2, -0.15) is 0 Å². The van der Waals surface area contributed by atoms with Gasteiger partial charge in [-0.15, -0.1) is 0 Å². The van der Waals surface area contributed by atoms with Crippen LogP contribution in [0.2, 0.25) is 0 Å². The lowest BCUT2D eigenvalue weighted by molar-refractivity contribution is -0.136. The molecule has 2 saturated heterocycles. The Bertz CT molecular complexity index is 926. The molecule has 3 unspecified atom stereocenters. The maximum atomic E-state index is 13.1. The molecule has 1 aromatic rings. The van der Waals surface area contributed by atoms with Crippen LogP contribution in [-0.4, -0.2) is 52.7 Å². The molecule has 33 heavy (non-hydrogen) atoms. The number of rotatable bonds is 6. The van der Waals surface area contributed by atoms with Gasteiger partial charge in [0.1, 0.15) is 6.04 Å². The summed E-state index contributed by atoms with van der Waals surface area (Å²) in [5.41, 5.74) is 9.38. The van der Waals surface area contributed by atoms with Gasteiger partial charge in [0.15, 0.2) is 0 Å². The van der Waals surface area contributed by atoms with Crippen molar-refractivity contribution in [1.29, 1.82) is 0 Å². The summed E-state index contributed by atoms with van der Waals surface area (Å²) < 4.78 is 0. The standard InChI is InChI=1S/C26H36N4O3/c27-22(19-5-1-2-6-19)13-17-4-3-11-29(14-17)15-18-7-8-20-16-30(26(33)21(20)12-18)23-9-10-24(31)28-25(23)32/h7-8,12,17,19,22-23H,1-6,9-11,13-16,27H2,(H,28,31,32). The molecule has 3 heterocycles. The first kappa shape index (κ1) is 22.5. The molecule has 0 radical (unpaired) electrons. The molecule has 3 N–H and O–H groups in total. The smallest absolute Gasteiger partial charge is 0.255 e. The van der Waals surface area contributed by atoms with E-state index in [9.17, 15) is 14.4 Å². The predicted molar refractivity (Wildman–Crippen MR) is 125 cm³/mol. The van der Waals surface area contributed by atoms with Crippen LogP contribution in [0.25, 0.3) is 0 Å². The topological polar surface area (TPSA) is 95.7 Å². The Hall–Kier alpha value is -2.25. The van der Waals surface area contributed by atoms with E-state index in [2.05, 4.69) is 16.3 Å². The molecular formula is C26H36N4O3. The van der Waals surface area contributed by atoms with Crippen LogP contribution in [0.5, 0.6) is 0 Å². The Morgan fingerprint density at radius 1 is 1.06 bits per heavy atom. The summed E-state index contributed by atoms with van der Waals surface area (Å²) in [6.45, 7) is 3.44. The van der Waals surface area contributed by atoms with Crippen molar-refractivity contribution in [2.45, 2.75) is 83.0 Å². The van der Waals surface area contributed by atoms with Crippen molar-refractivity contribution in [1.82, 2.24) is 15.1 Å². The quantitative estimate of drug-likeness (QED) is 0.647. The number of carbonyl (C=O) groups excluding carboxylic acids is 3. The zero-order valence-electron chi connectivity index (χ0n) is 19.4. The van der Waals surface area contributed by atoms with Crippen LogP contribution < -0.4 is 11.1 Å². The maximum absolute atomic E-state index is 13.1. The molecule has 178 valence electrons. The summed E-state index contributed by atoms with van der Waals surface area (Å²) in [5.74, 6) is 0.666. The molecule has 1 aliphatic carbocycles. The lowest BCUT2D eigenvalue weighted by Gasteiger charge is -2.35. The first-order valence-electron chi connectivity index (χ1n) is 12.7. The van der Waals surface area contributed by atoms with E-state index < -0.39 is 6.04 Å². The van der Waals surface area contributed by atoms with Crippen LogP contribution in [0.3, 0.4) is 0 Å². The maximum Gasteiger partial charge on any atom is 0.255 e. The molecule has 4 aliphatic rings. The number of likely N-dealkylation sites (tertiary alicyclic amines) is 1. The normalized spacial score (nSPS) is 27.7. The summed E-state index contributed by atoms with van der Waals surface area (Å²) in [4.78, 5) is 41.0. The monoisotopic (exact) mass is 452 g/mol. The van der Waals surface area contributed by atoms with Gasteiger partial charge in [-0.25, -0.2) is 0 Å². The van der Waals surface area contributed by atoms with Crippen LogP contribution in [-0.2, 0) is 22.7 Å². The minimum atomic E-state index is -0.557.